The maximum absolute atomic E-state index is 12.3. The number of primary amides is 1. The predicted octanol–water partition coefficient (Wildman–Crippen LogP) is 2.26. The van der Waals surface area contributed by atoms with E-state index in [0.29, 0.717) is 4.88 Å². The van der Waals surface area contributed by atoms with Gasteiger partial charge < -0.3 is 15.2 Å². The van der Waals surface area contributed by atoms with E-state index in [1.807, 2.05) is 23.5 Å². The molecular formula is C18H18N2O5S. The summed E-state index contributed by atoms with van der Waals surface area (Å²) in [5.41, 5.74) is 8.22. The van der Waals surface area contributed by atoms with E-state index in [2.05, 4.69) is 0 Å². The normalized spacial score (nSPS) is 13.2. The second-order valence-electron chi connectivity index (χ2n) is 5.89. The largest absolute Gasteiger partial charge is 0.497 e. The van der Waals surface area contributed by atoms with E-state index < -0.39 is 24.0 Å². The van der Waals surface area contributed by atoms with Crippen molar-refractivity contribution < 1.29 is 23.9 Å². The summed E-state index contributed by atoms with van der Waals surface area (Å²) in [5, 5.41) is 1.89. The molecule has 0 bridgehead atoms. The maximum Gasteiger partial charge on any atom is 0.349 e. The van der Waals surface area contributed by atoms with Gasteiger partial charge in [-0.05, 0) is 60.7 Å². The van der Waals surface area contributed by atoms with Crippen molar-refractivity contribution in [3.8, 4) is 16.2 Å². The highest BCUT2D eigenvalue weighted by Gasteiger charge is 2.25. The zero-order valence-corrected chi connectivity index (χ0v) is 15.1. The lowest BCUT2D eigenvalue weighted by atomic mass is 9.91. The van der Waals surface area contributed by atoms with E-state index in [-0.39, 0.29) is 0 Å². The SMILES string of the molecule is COc1ccc2c(c1)CCc1cc(C(=O)O[C@H](C)C(=O)NC(N)=O)sc1-2. The van der Waals surface area contributed by atoms with Gasteiger partial charge in [-0.2, -0.15) is 0 Å². The first-order valence-corrected chi connectivity index (χ1v) is 8.82. The van der Waals surface area contributed by atoms with Gasteiger partial charge in [0, 0.05) is 4.88 Å². The van der Waals surface area contributed by atoms with Crippen molar-refractivity contribution in [3.05, 3.63) is 40.3 Å². The number of methoxy groups -OCH3 is 1. The standard InChI is InChI=1S/C18H18N2O5S/c1-9(16(21)20-18(19)23)25-17(22)14-8-11-4-3-10-7-12(24-2)5-6-13(10)15(11)26-14/h5-9H,3-4H2,1-2H3,(H3,19,20,21,23)/t9-/m1/s1. The van der Waals surface area contributed by atoms with E-state index in [4.69, 9.17) is 15.2 Å². The van der Waals surface area contributed by atoms with Crippen molar-refractivity contribution in [1.82, 2.24) is 5.32 Å². The van der Waals surface area contributed by atoms with Crippen molar-refractivity contribution >= 4 is 29.2 Å². The van der Waals surface area contributed by atoms with Crippen LogP contribution < -0.4 is 15.8 Å². The lowest BCUT2D eigenvalue weighted by molar-refractivity contribution is -0.127. The number of hydrogen-bond donors (Lipinski definition) is 2. The molecule has 0 unspecified atom stereocenters. The highest BCUT2D eigenvalue weighted by atomic mass is 32.1. The molecular weight excluding hydrogens is 356 g/mol. The van der Waals surface area contributed by atoms with Gasteiger partial charge in [-0.3, -0.25) is 10.1 Å². The van der Waals surface area contributed by atoms with Crippen LogP contribution in [0.15, 0.2) is 24.3 Å². The fraction of sp³-hybridized carbons (Fsp3) is 0.278. The number of esters is 1. The number of aryl methyl sites for hydroxylation is 2. The van der Waals surface area contributed by atoms with Gasteiger partial charge in [0.15, 0.2) is 6.10 Å². The second-order valence-corrected chi connectivity index (χ2v) is 6.94. The van der Waals surface area contributed by atoms with Gasteiger partial charge in [-0.15, -0.1) is 11.3 Å². The monoisotopic (exact) mass is 374 g/mol. The number of nitrogens with one attached hydrogen (secondary N) is 1. The molecule has 136 valence electrons. The minimum Gasteiger partial charge on any atom is -0.497 e. The van der Waals surface area contributed by atoms with Gasteiger partial charge >= 0.3 is 12.0 Å². The van der Waals surface area contributed by atoms with E-state index in [1.54, 1.807) is 13.2 Å². The highest BCUT2D eigenvalue weighted by Crippen LogP contribution is 2.41. The molecule has 0 saturated heterocycles. The van der Waals surface area contributed by atoms with E-state index in [1.165, 1.54) is 23.8 Å². The average molecular weight is 374 g/mol. The number of carbonyl (C=O) groups excluding carboxylic acids is 3. The van der Waals surface area contributed by atoms with Crippen LogP contribution in [0.4, 0.5) is 4.79 Å². The Labute approximate surface area is 154 Å². The first-order chi connectivity index (χ1) is 12.4. The molecule has 1 aliphatic rings. The summed E-state index contributed by atoms with van der Waals surface area (Å²) in [6.07, 6.45) is 0.560. The lowest BCUT2D eigenvalue weighted by Crippen LogP contribution is -2.42. The topological polar surface area (TPSA) is 108 Å². The molecule has 1 aromatic heterocycles. The van der Waals surface area contributed by atoms with Crippen molar-refractivity contribution in [2.24, 2.45) is 5.73 Å². The van der Waals surface area contributed by atoms with Crippen LogP contribution in [0.1, 0.15) is 27.7 Å². The van der Waals surface area contributed by atoms with Crippen LogP contribution in [0.2, 0.25) is 0 Å². The highest BCUT2D eigenvalue weighted by molar-refractivity contribution is 7.17. The van der Waals surface area contributed by atoms with Crippen LogP contribution in [0, 0.1) is 0 Å². The molecule has 1 aromatic carbocycles. The van der Waals surface area contributed by atoms with E-state index >= 15 is 0 Å². The number of nitrogens with two attached hydrogens (primary N) is 1. The molecule has 0 spiro atoms. The van der Waals surface area contributed by atoms with Crippen molar-refractivity contribution in [3.63, 3.8) is 0 Å². The lowest BCUT2D eigenvalue weighted by Gasteiger charge is -2.16. The summed E-state index contributed by atoms with van der Waals surface area (Å²) in [4.78, 5) is 36.1. The molecule has 3 rings (SSSR count). The molecule has 26 heavy (non-hydrogen) atoms. The van der Waals surface area contributed by atoms with Crippen molar-refractivity contribution in [1.29, 1.82) is 0 Å². The molecule has 0 fully saturated rings. The fourth-order valence-corrected chi connectivity index (χ4v) is 3.99. The molecule has 0 saturated carbocycles. The van der Waals surface area contributed by atoms with Crippen LogP contribution in [-0.2, 0) is 22.4 Å². The van der Waals surface area contributed by atoms with Gasteiger partial charge in [0.05, 0.1) is 7.11 Å². The fourth-order valence-electron chi connectivity index (χ4n) is 2.83. The number of imide groups is 1. The number of urea groups is 1. The second kappa shape index (κ2) is 7.17. The van der Waals surface area contributed by atoms with E-state index in [9.17, 15) is 14.4 Å². The number of amides is 3. The minimum absolute atomic E-state index is 0.414. The summed E-state index contributed by atoms with van der Waals surface area (Å²) >= 11 is 1.33. The van der Waals surface area contributed by atoms with Gasteiger partial charge in [-0.1, -0.05) is 0 Å². The molecule has 0 radical (unpaired) electrons. The third-order valence-electron chi connectivity index (χ3n) is 4.13. The van der Waals surface area contributed by atoms with Crippen LogP contribution in [-0.4, -0.2) is 31.1 Å². The average Bonchev–Trinajstić information content (AvgIpc) is 3.05. The Morgan fingerprint density at radius 3 is 2.62 bits per heavy atom. The predicted molar refractivity (Wildman–Crippen MR) is 96.3 cm³/mol. The first-order valence-electron chi connectivity index (χ1n) is 8.00. The minimum atomic E-state index is -1.12. The van der Waals surface area contributed by atoms with Crippen molar-refractivity contribution in [2.45, 2.75) is 25.9 Å². The van der Waals surface area contributed by atoms with Gasteiger partial charge in [0.1, 0.15) is 10.6 Å². The Hall–Kier alpha value is -2.87. The Morgan fingerprint density at radius 2 is 1.92 bits per heavy atom. The van der Waals surface area contributed by atoms with Gasteiger partial charge in [0.25, 0.3) is 5.91 Å². The first kappa shape index (κ1) is 17.9. The Balaban J connectivity index is 1.79. The smallest absolute Gasteiger partial charge is 0.349 e. The molecule has 3 N–H and O–H groups in total. The number of ether oxygens (including phenoxy) is 2. The number of benzene rings is 1. The molecule has 7 nitrogen and oxygen atoms in total. The zero-order valence-electron chi connectivity index (χ0n) is 14.3. The van der Waals surface area contributed by atoms with Crippen LogP contribution in [0.25, 0.3) is 10.4 Å². The summed E-state index contributed by atoms with van der Waals surface area (Å²) < 4.78 is 10.4. The summed E-state index contributed by atoms with van der Waals surface area (Å²) in [6.45, 7) is 1.38. The molecule has 2 aromatic rings. The summed E-state index contributed by atoms with van der Waals surface area (Å²) in [5.74, 6) is -0.561. The Kier molecular flexibility index (Phi) is 4.94. The molecule has 8 heteroatoms. The quantitative estimate of drug-likeness (QED) is 0.798. The van der Waals surface area contributed by atoms with Crippen LogP contribution in [0.3, 0.4) is 0 Å². The van der Waals surface area contributed by atoms with Gasteiger partial charge in [0.2, 0.25) is 0 Å². The van der Waals surface area contributed by atoms with E-state index in [0.717, 1.165) is 34.6 Å². The number of hydrogen-bond acceptors (Lipinski definition) is 6. The Morgan fingerprint density at radius 1 is 1.19 bits per heavy atom. The summed E-state index contributed by atoms with van der Waals surface area (Å²) in [7, 11) is 1.63. The maximum atomic E-state index is 12.3. The van der Waals surface area contributed by atoms with Crippen LogP contribution >= 0.6 is 11.3 Å². The van der Waals surface area contributed by atoms with Gasteiger partial charge in [-0.25, -0.2) is 9.59 Å². The van der Waals surface area contributed by atoms with Crippen molar-refractivity contribution in [2.75, 3.05) is 7.11 Å². The molecule has 0 aliphatic heterocycles. The molecule has 1 aliphatic carbocycles. The molecule has 3 amide bonds. The number of thiophene rings is 1. The third-order valence-corrected chi connectivity index (χ3v) is 5.32. The number of fused-ring (bicyclic) bond motifs is 3. The molecule has 1 atom stereocenters. The van der Waals surface area contributed by atoms with Crippen LogP contribution in [0.5, 0.6) is 5.75 Å². The molecule has 1 heterocycles. The summed E-state index contributed by atoms with van der Waals surface area (Å²) in [6, 6.07) is 6.69. The zero-order chi connectivity index (χ0) is 18.8. The number of rotatable bonds is 4. The third kappa shape index (κ3) is 3.55. The number of carbonyl (C=O) groups is 3. The Bertz CT molecular complexity index is 890.